The number of pyridine rings is 1. The number of carbonyl (C=O) groups is 1. The minimum absolute atomic E-state index is 0.0110. The standard InChI is InChI=1S/C28H36FN3O2/c1-20(2)15-22-16-24(29)17-23-18-25(30-27(22)23)19-32-14-8-10-21(28(32)34)9-4-3-5-11-26(33)31-12-6-7-13-31/h5,8,10-11,14,16-18,20,23,27,30H,3-4,6-7,9,12-13,15,19H2,1-2H3/b11-5+. The summed E-state index contributed by atoms with van der Waals surface area (Å²) >= 11 is 0. The zero-order valence-electron chi connectivity index (χ0n) is 20.3. The smallest absolute Gasteiger partial charge is 0.254 e. The molecule has 0 aromatic carbocycles. The molecule has 6 heteroatoms. The predicted octanol–water partition coefficient (Wildman–Crippen LogP) is 4.66. The molecule has 1 aromatic heterocycles. The zero-order chi connectivity index (χ0) is 24.1. The van der Waals surface area contributed by atoms with Gasteiger partial charge in [-0.15, -0.1) is 0 Å². The van der Waals surface area contributed by atoms with Gasteiger partial charge in [0.15, 0.2) is 0 Å². The molecule has 2 unspecified atom stereocenters. The van der Waals surface area contributed by atoms with Crippen LogP contribution < -0.4 is 10.9 Å². The van der Waals surface area contributed by atoms with Gasteiger partial charge in [0, 0.05) is 36.5 Å². The van der Waals surface area contributed by atoms with Crippen molar-refractivity contribution >= 4 is 5.91 Å². The van der Waals surface area contributed by atoms with Crippen LogP contribution in [0.15, 0.2) is 70.6 Å². The topological polar surface area (TPSA) is 54.3 Å². The lowest BCUT2D eigenvalue weighted by molar-refractivity contribution is -0.125. The number of fused-ring (bicyclic) bond motifs is 1. The maximum atomic E-state index is 14.1. The fraction of sp³-hybridized carbons (Fsp3) is 0.500. The zero-order valence-corrected chi connectivity index (χ0v) is 20.3. The number of halogens is 1. The number of rotatable bonds is 9. The van der Waals surface area contributed by atoms with E-state index in [9.17, 15) is 14.0 Å². The van der Waals surface area contributed by atoms with Crippen molar-refractivity contribution in [1.29, 1.82) is 0 Å². The molecule has 3 aliphatic rings. The van der Waals surface area contributed by atoms with E-state index in [2.05, 4.69) is 25.2 Å². The quantitative estimate of drug-likeness (QED) is 0.426. The van der Waals surface area contributed by atoms with Gasteiger partial charge < -0.3 is 14.8 Å². The van der Waals surface area contributed by atoms with Gasteiger partial charge in [-0.2, -0.15) is 0 Å². The lowest BCUT2D eigenvalue weighted by Crippen LogP contribution is -2.34. The number of aryl methyl sites for hydroxylation is 1. The van der Waals surface area contributed by atoms with Gasteiger partial charge in [0.1, 0.15) is 5.83 Å². The first-order valence-electron chi connectivity index (χ1n) is 12.6. The molecule has 0 bridgehead atoms. The molecule has 1 N–H and O–H groups in total. The van der Waals surface area contributed by atoms with Gasteiger partial charge in [-0.3, -0.25) is 9.59 Å². The molecule has 0 saturated carbocycles. The van der Waals surface area contributed by atoms with E-state index in [1.165, 1.54) is 0 Å². The van der Waals surface area contributed by atoms with Gasteiger partial charge in [0.05, 0.1) is 12.6 Å². The van der Waals surface area contributed by atoms with Crippen LogP contribution in [0.1, 0.15) is 51.5 Å². The van der Waals surface area contributed by atoms with E-state index >= 15 is 0 Å². The van der Waals surface area contributed by atoms with Gasteiger partial charge >= 0.3 is 0 Å². The molecule has 1 amide bonds. The Hall–Kier alpha value is -2.89. The molecule has 1 aliphatic carbocycles. The van der Waals surface area contributed by atoms with Crippen molar-refractivity contribution < 1.29 is 9.18 Å². The second kappa shape index (κ2) is 11.0. The number of allylic oxidation sites excluding steroid dienone is 4. The number of amides is 1. The maximum absolute atomic E-state index is 14.1. The molecule has 34 heavy (non-hydrogen) atoms. The lowest BCUT2D eigenvalue weighted by Gasteiger charge is -2.26. The third kappa shape index (κ3) is 5.96. The summed E-state index contributed by atoms with van der Waals surface area (Å²) in [5.41, 5.74) is 2.84. The van der Waals surface area contributed by atoms with Crippen LogP contribution in [0.5, 0.6) is 0 Å². The maximum Gasteiger partial charge on any atom is 0.254 e. The number of nitrogens with zero attached hydrogens (tertiary/aromatic N) is 2. The highest BCUT2D eigenvalue weighted by atomic mass is 19.1. The molecule has 0 radical (unpaired) electrons. The van der Waals surface area contributed by atoms with Crippen molar-refractivity contribution in [2.45, 2.75) is 65.0 Å². The van der Waals surface area contributed by atoms with E-state index in [4.69, 9.17) is 0 Å². The number of hydrogen-bond donors (Lipinski definition) is 1. The summed E-state index contributed by atoms with van der Waals surface area (Å²) in [6, 6.07) is 3.87. The first-order valence-corrected chi connectivity index (χ1v) is 12.6. The number of likely N-dealkylation sites (tertiary alicyclic amines) is 1. The van der Waals surface area contributed by atoms with Crippen LogP contribution >= 0.6 is 0 Å². The van der Waals surface area contributed by atoms with E-state index in [0.717, 1.165) is 62.0 Å². The Labute approximate surface area is 201 Å². The first kappa shape index (κ1) is 24.2. The van der Waals surface area contributed by atoms with Crippen LogP contribution in [-0.2, 0) is 17.8 Å². The monoisotopic (exact) mass is 465 g/mol. The van der Waals surface area contributed by atoms with Crippen LogP contribution in [0.4, 0.5) is 4.39 Å². The van der Waals surface area contributed by atoms with E-state index in [1.54, 1.807) is 22.8 Å². The highest BCUT2D eigenvalue weighted by Crippen LogP contribution is 2.33. The summed E-state index contributed by atoms with van der Waals surface area (Å²) in [7, 11) is 0. The molecular formula is C28H36FN3O2. The van der Waals surface area contributed by atoms with Crippen LogP contribution in [0.2, 0.25) is 0 Å². The predicted molar refractivity (Wildman–Crippen MR) is 134 cm³/mol. The van der Waals surface area contributed by atoms with Crippen molar-refractivity contribution in [3.05, 3.63) is 81.7 Å². The second-order valence-electron chi connectivity index (χ2n) is 10.1. The van der Waals surface area contributed by atoms with Crippen LogP contribution in [0.3, 0.4) is 0 Å². The van der Waals surface area contributed by atoms with Gasteiger partial charge in [0.2, 0.25) is 5.91 Å². The summed E-state index contributed by atoms with van der Waals surface area (Å²) < 4.78 is 15.9. The summed E-state index contributed by atoms with van der Waals surface area (Å²) in [5.74, 6) is 0.365. The Morgan fingerprint density at radius 3 is 2.82 bits per heavy atom. The van der Waals surface area contributed by atoms with Crippen molar-refractivity contribution in [3.63, 3.8) is 0 Å². The summed E-state index contributed by atoms with van der Waals surface area (Å²) in [6.45, 7) is 6.46. The molecule has 2 aliphatic heterocycles. The molecular weight excluding hydrogens is 429 g/mol. The molecule has 1 saturated heterocycles. The fourth-order valence-corrected chi connectivity index (χ4v) is 5.13. The number of nitrogens with one attached hydrogen (secondary N) is 1. The second-order valence-corrected chi connectivity index (χ2v) is 10.1. The average molecular weight is 466 g/mol. The van der Waals surface area contributed by atoms with Crippen molar-refractivity contribution in [2.75, 3.05) is 13.1 Å². The number of carbonyl (C=O) groups excluding carboxylic acids is 1. The van der Waals surface area contributed by atoms with Crippen LogP contribution in [0.25, 0.3) is 0 Å². The summed E-state index contributed by atoms with van der Waals surface area (Å²) in [5, 5.41) is 3.53. The van der Waals surface area contributed by atoms with Crippen molar-refractivity contribution in [1.82, 2.24) is 14.8 Å². The van der Waals surface area contributed by atoms with Crippen LogP contribution in [0, 0.1) is 11.8 Å². The summed E-state index contributed by atoms with van der Waals surface area (Å²) in [6.07, 6.45) is 16.1. The molecule has 1 fully saturated rings. The third-order valence-electron chi connectivity index (χ3n) is 6.77. The largest absolute Gasteiger partial charge is 0.380 e. The van der Waals surface area contributed by atoms with E-state index in [-0.39, 0.29) is 29.3 Å². The van der Waals surface area contributed by atoms with Gasteiger partial charge in [-0.25, -0.2) is 4.39 Å². The van der Waals surface area contributed by atoms with E-state index in [1.807, 2.05) is 29.3 Å². The molecule has 182 valence electrons. The Morgan fingerprint density at radius 2 is 2.06 bits per heavy atom. The minimum Gasteiger partial charge on any atom is -0.380 e. The van der Waals surface area contributed by atoms with Crippen molar-refractivity contribution in [3.8, 4) is 0 Å². The van der Waals surface area contributed by atoms with Gasteiger partial charge in [-0.1, -0.05) is 32.1 Å². The molecule has 1 aromatic rings. The SMILES string of the molecule is CC(C)CC1=CC(F)=CC2C=C(Cn3cccc(CCC/C=C/C(=O)N4CCCC4)c3=O)NC12. The highest BCUT2D eigenvalue weighted by Gasteiger charge is 2.32. The Morgan fingerprint density at radius 1 is 1.26 bits per heavy atom. The summed E-state index contributed by atoms with van der Waals surface area (Å²) in [4.78, 5) is 27.0. The first-order chi connectivity index (χ1) is 16.4. The lowest BCUT2D eigenvalue weighted by atomic mass is 9.86. The Kier molecular flexibility index (Phi) is 7.86. The number of unbranched alkanes of at least 4 members (excludes halogenated alkanes) is 1. The Bertz CT molecular complexity index is 1070. The number of aromatic nitrogens is 1. The highest BCUT2D eigenvalue weighted by molar-refractivity contribution is 5.87. The minimum atomic E-state index is -0.174. The molecule has 0 spiro atoms. The number of hydrogen-bond acceptors (Lipinski definition) is 3. The van der Waals surface area contributed by atoms with Crippen LogP contribution in [-0.4, -0.2) is 34.5 Å². The molecule has 4 rings (SSSR count). The normalized spacial score (nSPS) is 22.0. The van der Waals surface area contributed by atoms with Gasteiger partial charge in [0.25, 0.3) is 5.56 Å². The van der Waals surface area contributed by atoms with E-state index in [0.29, 0.717) is 18.9 Å². The Balaban J connectivity index is 1.33. The molecule has 3 heterocycles. The third-order valence-corrected chi connectivity index (χ3v) is 6.77. The van der Waals surface area contributed by atoms with E-state index < -0.39 is 0 Å². The average Bonchev–Trinajstić information content (AvgIpc) is 3.45. The molecule has 2 atom stereocenters. The van der Waals surface area contributed by atoms with Crippen molar-refractivity contribution in [2.24, 2.45) is 11.8 Å². The van der Waals surface area contributed by atoms with Gasteiger partial charge in [-0.05, 0) is 74.3 Å². The molecule has 5 nitrogen and oxygen atoms in total. The fourth-order valence-electron chi connectivity index (χ4n) is 5.13.